The molecule has 1 fully saturated rings. The molecule has 5 heterocycles. The number of carbonyl (C=O) groups excluding carboxylic acids is 5. The molecule has 3 aliphatic heterocycles. The van der Waals surface area contributed by atoms with E-state index in [2.05, 4.69) is 40.0 Å². The van der Waals surface area contributed by atoms with Crippen LogP contribution in [-0.2, 0) is 23.9 Å². The minimum absolute atomic E-state index is 0.0447. The minimum atomic E-state index is -1.03. The summed E-state index contributed by atoms with van der Waals surface area (Å²) in [4.78, 5) is 71.1. The lowest BCUT2D eigenvalue weighted by atomic mass is 9.99. The number of carbonyl (C=O) groups is 5. The van der Waals surface area contributed by atoms with E-state index in [1.807, 2.05) is 35.8 Å². The molecule has 3 aliphatic rings. The molecule has 0 aliphatic carbocycles. The van der Waals surface area contributed by atoms with Gasteiger partial charge in [0.15, 0.2) is 5.82 Å². The zero-order valence-electron chi connectivity index (χ0n) is 34.2. The Bertz CT molecular complexity index is 2590. The number of nitrogens with zero attached hydrogens (tertiary/aromatic N) is 5. The van der Waals surface area contributed by atoms with Crippen LogP contribution in [0.15, 0.2) is 71.7 Å². The maximum Gasteiger partial charge on any atom is 0.264 e. The number of aromatic nitrogens is 3. The molecule has 3 aromatic carbocycles. The second-order valence-corrected chi connectivity index (χ2v) is 16.5. The largest absolute Gasteiger partial charge is 0.491 e. The summed E-state index contributed by atoms with van der Waals surface area (Å²) < 4.78 is 19.2. The highest BCUT2D eigenvalue weighted by molar-refractivity contribution is 7.15. The van der Waals surface area contributed by atoms with Crippen LogP contribution in [0.4, 0.5) is 11.4 Å². The van der Waals surface area contributed by atoms with Crippen molar-refractivity contribution >= 4 is 69.6 Å². The van der Waals surface area contributed by atoms with Gasteiger partial charge in [0.05, 0.1) is 49.7 Å². The van der Waals surface area contributed by atoms with Crippen molar-refractivity contribution in [2.45, 2.75) is 52.1 Å². The number of hydrogen-bond acceptors (Lipinski definition) is 13. The van der Waals surface area contributed by atoms with Gasteiger partial charge in [0, 0.05) is 45.4 Å². The standard InChI is InChI=1S/C44H43ClN8O8S/c1-24-25(2)62-44-37(24)39(27-7-9-28(45)10-8-27)48-33(40-51-50-26(3)52(40)44)23-36(55)47-29-11-13-30(14-12-29)61-22-21-60-20-19-59-18-17-46-32-6-4-5-31-38(32)43(58)53(42(31)57)34-15-16-35(54)49-41(34)56/h4-14,33-34,46H,15-23H2,1-3H3,(H,47,55)(H,49,54,56). The number of halogens is 1. The second kappa shape index (κ2) is 18.4. The van der Waals surface area contributed by atoms with Crippen molar-refractivity contribution in [2.75, 3.05) is 50.2 Å². The number of benzene rings is 3. The second-order valence-electron chi connectivity index (χ2n) is 14.9. The number of nitrogens with one attached hydrogen (secondary N) is 3. The predicted octanol–water partition coefficient (Wildman–Crippen LogP) is 5.75. The van der Waals surface area contributed by atoms with E-state index in [0.717, 1.165) is 38.1 Å². The highest BCUT2D eigenvalue weighted by atomic mass is 35.5. The molecule has 0 saturated carbocycles. The number of piperidine rings is 1. The van der Waals surface area contributed by atoms with E-state index in [4.69, 9.17) is 30.8 Å². The van der Waals surface area contributed by atoms with E-state index in [0.29, 0.717) is 67.6 Å². The normalized spacial score (nSPS) is 16.9. The zero-order valence-corrected chi connectivity index (χ0v) is 35.7. The third kappa shape index (κ3) is 8.74. The van der Waals surface area contributed by atoms with Crippen molar-refractivity contribution in [2.24, 2.45) is 4.99 Å². The van der Waals surface area contributed by atoms with Crippen LogP contribution in [0.5, 0.6) is 5.75 Å². The quantitative estimate of drug-likeness (QED) is 0.0807. The first-order valence-corrected chi connectivity index (χ1v) is 21.3. The summed E-state index contributed by atoms with van der Waals surface area (Å²) in [5, 5.41) is 18.8. The van der Waals surface area contributed by atoms with E-state index in [-0.39, 0.29) is 36.3 Å². The zero-order chi connectivity index (χ0) is 43.5. The molecule has 2 aromatic heterocycles. The van der Waals surface area contributed by atoms with Gasteiger partial charge in [-0.1, -0.05) is 29.8 Å². The number of aryl methyl sites for hydroxylation is 2. The lowest BCUT2D eigenvalue weighted by molar-refractivity contribution is -0.136. The molecule has 2 unspecified atom stereocenters. The maximum atomic E-state index is 13.5. The Labute approximate surface area is 365 Å². The topological polar surface area (TPSA) is 195 Å². The maximum absolute atomic E-state index is 13.5. The number of imide groups is 2. The van der Waals surface area contributed by atoms with Gasteiger partial charge >= 0.3 is 0 Å². The average Bonchev–Trinajstić information content (AvgIpc) is 3.83. The van der Waals surface area contributed by atoms with Gasteiger partial charge in [-0.2, -0.15) is 0 Å². The first-order chi connectivity index (χ1) is 30.0. The van der Waals surface area contributed by atoms with Crippen LogP contribution in [0, 0.1) is 20.8 Å². The van der Waals surface area contributed by atoms with Crippen molar-refractivity contribution in [3.8, 4) is 10.8 Å². The van der Waals surface area contributed by atoms with Crippen LogP contribution >= 0.6 is 22.9 Å². The summed E-state index contributed by atoms with van der Waals surface area (Å²) >= 11 is 7.89. The molecule has 3 N–H and O–H groups in total. The van der Waals surface area contributed by atoms with Crippen molar-refractivity contribution in [3.05, 3.63) is 116 Å². The Balaban J connectivity index is 0.766. The van der Waals surface area contributed by atoms with Crippen LogP contribution in [0.3, 0.4) is 0 Å². The summed E-state index contributed by atoms with van der Waals surface area (Å²) in [5.41, 5.74) is 5.25. The Morgan fingerprint density at radius 3 is 2.39 bits per heavy atom. The van der Waals surface area contributed by atoms with Gasteiger partial charge in [-0.3, -0.25) is 43.7 Å². The molecule has 18 heteroatoms. The van der Waals surface area contributed by atoms with E-state index in [9.17, 15) is 24.0 Å². The van der Waals surface area contributed by atoms with Crippen molar-refractivity contribution in [1.29, 1.82) is 0 Å². The van der Waals surface area contributed by atoms with Crippen LogP contribution < -0.4 is 20.7 Å². The SMILES string of the molecule is Cc1sc2c(c1C)C(c1ccc(Cl)cc1)=NC(CC(=O)Nc1ccc(OCCOCCOCCNc3cccc4c3C(=O)N(C3CCC(=O)NC3=O)C4=O)cc1)c1nnc(C)n1-2. The number of rotatable bonds is 16. The third-order valence-electron chi connectivity index (χ3n) is 10.8. The molecule has 0 bridgehead atoms. The van der Waals surface area contributed by atoms with Crippen LogP contribution in [0.1, 0.15) is 79.2 Å². The predicted molar refractivity (Wildman–Crippen MR) is 232 cm³/mol. The monoisotopic (exact) mass is 878 g/mol. The summed E-state index contributed by atoms with van der Waals surface area (Å²) in [7, 11) is 0. The van der Waals surface area contributed by atoms with Crippen LogP contribution in [0.2, 0.25) is 5.02 Å². The third-order valence-corrected chi connectivity index (χ3v) is 12.2. The number of fused-ring (bicyclic) bond motifs is 4. The van der Waals surface area contributed by atoms with E-state index < -0.39 is 35.7 Å². The smallest absolute Gasteiger partial charge is 0.264 e. The van der Waals surface area contributed by atoms with Gasteiger partial charge in [0.1, 0.15) is 35.3 Å². The lowest BCUT2D eigenvalue weighted by Crippen LogP contribution is -2.54. The molecular weight excluding hydrogens is 836 g/mol. The minimum Gasteiger partial charge on any atom is -0.491 e. The number of hydrogen-bond donors (Lipinski definition) is 3. The number of anilines is 2. The number of aliphatic imine (C=N–C) groups is 1. The first kappa shape index (κ1) is 42.4. The van der Waals surface area contributed by atoms with E-state index in [1.54, 1.807) is 53.8 Å². The molecule has 0 spiro atoms. The summed E-state index contributed by atoms with van der Waals surface area (Å²) in [6.45, 7) is 8.01. The highest BCUT2D eigenvalue weighted by Gasteiger charge is 2.45. The molecule has 62 heavy (non-hydrogen) atoms. The Morgan fingerprint density at radius 2 is 1.63 bits per heavy atom. The molecule has 320 valence electrons. The number of ether oxygens (including phenoxy) is 3. The van der Waals surface area contributed by atoms with Gasteiger partial charge in [0.25, 0.3) is 11.8 Å². The number of amides is 5. The van der Waals surface area contributed by atoms with Gasteiger partial charge in [-0.25, -0.2) is 0 Å². The fraction of sp³-hybridized carbons (Fsp3) is 0.318. The summed E-state index contributed by atoms with van der Waals surface area (Å²) in [6.07, 6.45) is 0.187. The molecule has 8 rings (SSSR count). The van der Waals surface area contributed by atoms with E-state index in [1.165, 1.54) is 4.88 Å². The summed E-state index contributed by atoms with van der Waals surface area (Å²) in [5.74, 6) is -0.509. The van der Waals surface area contributed by atoms with Crippen molar-refractivity contribution in [3.63, 3.8) is 0 Å². The van der Waals surface area contributed by atoms with Crippen molar-refractivity contribution < 1.29 is 38.2 Å². The molecule has 2 atom stereocenters. The Hall–Kier alpha value is -6.27. The fourth-order valence-corrected chi connectivity index (χ4v) is 8.96. The molecule has 5 amide bonds. The molecular formula is C44H43ClN8O8S. The van der Waals surface area contributed by atoms with Crippen LogP contribution in [0.25, 0.3) is 5.00 Å². The molecule has 1 saturated heterocycles. The lowest BCUT2D eigenvalue weighted by Gasteiger charge is -2.27. The first-order valence-electron chi connectivity index (χ1n) is 20.1. The van der Waals surface area contributed by atoms with Crippen LogP contribution in [-0.4, -0.2) is 101 Å². The average molecular weight is 879 g/mol. The van der Waals surface area contributed by atoms with Gasteiger partial charge in [0.2, 0.25) is 17.7 Å². The summed E-state index contributed by atoms with van der Waals surface area (Å²) in [6, 6.07) is 17.9. The highest BCUT2D eigenvalue weighted by Crippen LogP contribution is 2.40. The van der Waals surface area contributed by atoms with Crippen molar-refractivity contribution in [1.82, 2.24) is 25.0 Å². The van der Waals surface area contributed by atoms with Gasteiger partial charge in [-0.05, 0) is 81.3 Å². The molecule has 16 nitrogen and oxygen atoms in total. The number of thiophene rings is 1. The Kier molecular flexibility index (Phi) is 12.6. The van der Waals surface area contributed by atoms with E-state index >= 15 is 0 Å². The Morgan fingerprint density at radius 1 is 0.887 bits per heavy atom. The van der Waals surface area contributed by atoms with Gasteiger partial charge < -0.3 is 24.8 Å². The van der Waals surface area contributed by atoms with Gasteiger partial charge in [-0.15, -0.1) is 21.5 Å². The molecule has 0 radical (unpaired) electrons. The molecule has 5 aromatic rings. The fourth-order valence-electron chi connectivity index (χ4n) is 7.62.